The van der Waals surface area contributed by atoms with Crippen LogP contribution < -0.4 is 4.74 Å². The average Bonchev–Trinajstić information content (AvgIpc) is 2.52. The van der Waals surface area contributed by atoms with Crippen LogP contribution >= 0.6 is 0 Å². The zero-order valence-electron chi connectivity index (χ0n) is 11.8. The molecule has 0 saturated heterocycles. The molecule has 0 atom stereocenters. The first-order chi connectivity index (χ1) is 9.81. The highest BCUT2D eigenvalue weighted by atomic mass is 16.7. The Kier molecular flexibility index (Phi) is 5.23. The molecule has 0 bridgehead atoms. The maximum atomic E-state index is 5.33. The molecule has 0 radical (unpaired) electrons. The molecule has 2 heteroatoms. The van der Waals surface area contributed by atoms with Crippen LogP contribution in [0.2, 0.25) is 0 Å². The molecule has 0 amide bonds. The van der Waals surface area contributed by atoms with E-state index in [0.717, 1.165) is 23.3 Å². The second kappa shape index (κ2) is 7.37. The van der Waals surface area contributed by atoms with Gasteiger partial charge in [-0.05, 0) is 48.4 Å². The number of hydrogen-bond donors (Lipinski definition) is 0. The predicted molar refractivity (Wildman–Crippen MR) is 80.7 cm³/mol. The van der Waals surface area contributed by atoms with Crippen molar-refractivity contribution in [2.24, 2.45) is 0 Å². The summed E-state index contributed by atoms with van der Waals surface area (Å²) >= 11 is 0. The van der Waals surface area contributed by atoms with Crippen LogP contribution in [0, 0.1) is 11.8 Å². The van der Waals surface area contributed by atoms with Crippen molar-refractivity contribution >= 4 is 0 Å². The number of aryl methyl sites for hydroxylation is 1. The number of hydrogen-bond acceptors (Lipinski definition) is 2. The normalized spacial score (nSPS) is 9.70. The number of ether oxygens (including phenoxy) is 2. The van der Waals surface area contributed by atoms with Crippen molar-refractivity contribution in [1.29, 1.82) is 0 Å². The van der Waals surface area contributed by atoms with Crippen LogP contribution in [0.4, 0.5) is 0 Å². The molecular weight excluding hydrogens is 248 g/mol. The summed E-state index contributed by atoms with van der Waals surface area (Å²) in [6.45, 7) is 2.41. The van der Waals surface area contributed by atoms with Gasteiger partial charge < -0.3 is 9.47 Å². The molecule has 0 fully saturated rings. The molecule has 0 aliphatic heterocycles. The van der Waals surface area contributed by atoms with E-state index in [2.05, 4.69) is 43.0 Å². The Morgan fingerprint density at radius 3 is 1.90 bits per heavy atom. The minimum absolute atomic E-state index is 0.259. The minimum Gasteiger partial charge on any atom is -0.468 e. The van der Waals surface area contributed by atoms with Gasteiger partial charge >= 0.3 is 0 Å². The first-order valence-electron chi connectivity index (χ1n) is 6.64. The van der Waals surface area contributed by atoms with Gasteiger partial charge in [-0.25, -0.2) is 0 Å². The molecule has 0 aromatic heterocycles. The Bertz CT molecular complexity index is 586. The van der Waals surface area contributed by atoms with Gasteiger partial charge in [-0.15, -0.1) is 0 Å². The third kappa shape index (κ3) is 4.15. The summed E-state index contributed by atoms with van der Waals surface area (Å²) in [7, 11) is 1.60. The average molecular weight is 266 g/mol. The molecule has 2 aromatic rings. The molecule has 102 valence electrons. The molecule has 0 N–H and O–H groups in total. The van der Waals surface area contributed by atoms with Gasteiger partial charge in [0.2, 0.25) is 0 Å². The topological polar surface area (TPSA) is 18.5 Å². The van der Waals surface area contributed by atoms with Crippen molar-refractivity contribution in [1.82, 2.24) is 0 Å². The summed E-state index contributed by atoms with van der Waals surface area (Å²) in [6.07, 6.45) is 1.05. The standard InChI is InChI=1S/C18H18O2/c1-3-15-4-6-16(7-5-15)8-9-17-10-12-18(13-11-17)20-14-19-2/h4-7,10-13H,3,14H2,1-2H3. The summed E-state index contributed by atoms with van der Waals surface area (Å²) in [5.41, 5.74) is 3.33. The highest BCUT2D eigenvalue weighted by Crippen LogP contribution is 2.11. The lowest BCUT2D eigenvalue weighted by atomic mass is 10.1. The lowest BCUT2D eigenvalue weighted by Crippen LogP contribution is -1.98. The van der Waals surface area contributed by atoms with Crippen LogP contribution in [0.1, 0.15) is 23.6 Å². The summed E-state index contributed by atoms with van der Waals surface area (Å²) in [5, 5.41) is 0. The fraction of sp³-hybridized carbons (Fsp3) is 0.222. The van der Waals surface area contributed by atoms with Gasteiger partial charge in [0.1, 0.15) is 5.75 Å². The van der Waals surface area contributed by atoms with Crippen molar-refractivity contribution in [3.8, 4) is 17.6 Å². The molecule has 2 nitrogen and oxygen atoms in total. The van der Waals surface area contributed by atoms with Crippen LogP contribution in [-0.2, 0) is 11.2 Å². The van der Waals surface area contributed by atoms with E-state index in [9.17, 15) is 0 Å². The molecule has 0 saturated carbocycles. The first kappa shape index (κ1) is 14.2. The largest absolute Gasteiger partial charge is 0.468 e. The minimum atomic E-state index is 0.259. The lowest BCUT2D eigenvalue weighted by Gasteiger charge is -2.03. The fourth-order valence-corrected chi connectivity index (χ4v) is 1.73. The van der Waals surface area contributed by atoms with Crippen molar-refractivity contribution in [2.75, 3.05) is 13.9 Å². The van der Waals surface area contributed by atoms with Gasteiger partial charge in [-0.3, -0.25) is 0 Å². The van der Waals surface area contributed by atoms with Crippen molar-refractivity contribution in [3.05, 3.63) is 65.2 Å². The monoisotopic (exact) mass is 266 g/mol. The smallest absolute Gasteiger partial charge is 0.188 e. The van der Waals surface area contributed by atoms with Gasteiger partial charge in [0.25, 0.3) is 0 Å². The number of methoxy groups -OCH3 is 1. The Hall–Kier alpha value is -2.24. The second-order valence-electron chi connectivity index (χ2n) is 4.38. The second-order valence-corrected chi connectivity index (χ2v) is 4.38. The van der Waals surface area contributed by atoms with Crippen molar-refractivity contribution in [3.63, 3.8) is 0 Å². The van der Waals surface area contributed by atoms with Crippen LogP contribution in [-0.4, -0.2) is 13.9 Å². The third-order valence-electron chi connectivity index (χ3n) is 2.91. The fourth-order valence-electron chi connectivity index (χ4n) is 1.73. The van der Waals surface area contributed by atoms with Crippen LogP contribution in [0.5, 0.6) is 5.75 Å². The quantitative estimate of drug-likeness (QED) is 0.621. The molecule has 0 unspecified atom stereocenters. The number of rotatable bonds is 4. The summed E-state index contributed by atoms with van der Waals surface area (Å²) in [6, 6.07) is 16.0. The zero-order chi connectivity index (χ0) is 14.2. The summed E-state index contributed by atoms with van der Waals surface area (Å²) in [5.74, 6) is 7.09. The van der Waals surface area contributed by atoms with E-state index in [4.69, 9.17) is 9.47 Å². The van der Waals surface area contributed by atoms with Crippen molar-refractivity contribution < 1.29 is 9.47 Å². The zero-order valence-corrected chi connectivity index (χ0v) is 11.8. The SMILES string of the molecule is CCc1ccc(C#Cc2ccc(OCOC)cc2)cc1. The van der Waals surface area contributed by atoms with Gasteiger partial charge in [0.05, 0.1) is 0 Å². The molecule has 0 spiro atoms. The summed E-state index contributed by atoms with van der Waals surface area (Å²) < 4.78 is 10.2. The highest BCUT2D eigenvalue weighted by Gasteiger charge is 1.93. The van der Waals surface area contributed by atoms with Gasteiger partial charge in [-0.1, -0.05) is 30.9 Å². The molecule has 2 aromatic carbocycles. The van der Waals surface area contributed by atoms with E-state index < -0.39 is 0 Å². The van der Waals surface area contributed by atoms with Crippen LogP contribution in [0.25, 0.3) is 0 Å². The molecule has 2 rings (SSSR count). The molecule has 0 aliphatic carbocycles. The Morgan fingerprint density at radius 1 is 0.850 bits per heavy atom. The van der Waals surface area contributed by atoms with E-state index in [1.54, 1.807) is 7.11 Å². The van der Waals surface area contributed by atoms with E-state index in [-0.39, 0.29) is 6.79 Å². The molecule has 20 heavy (non-hydrogen) atoms. The Labute approximate surface area is 120 Å². The maximum absolute atomic E-state index is 5.33. The summed E-state index contributed by atoms with van der Waals surface area (Å²) in [4.78, 5) is 0. The molecule has 0 aliphatic rings. The molecular formula is C18H18O2. The first-order valence-corrected chi connectivity index (χ1v) is 6.64. The van der Waals surface area contributed by atoms with Gasteiger partial charge in [0.15, 0.2) is 6.79 Å². The Morgan fingerprint density at radius 2 is 1.40 bits per heavy atom. The van der Waals surface area contributed by atoms with Crippen LogP contribution in [0.3, 0.4) is 0 Å². The Balaban J connectivity index is 2.04. The third-order valence-corrected chi connectivity index (χ3v) is 2.91. The predicted octanol–water partition coefficient (Wildman–Crippen LogP) is 3.63. The van der Waals surface area contributed by atoms with Crippen molar-refractivity contribution in [2.45, 2.75) is 13.3 Å². The van der Waals surface area contributed by atoms with Gasteiger partial charge in [0, 0.05) is 18.2 Å². The molecule has 0 heterocycles. The van der Waals surface area contributed by atoms with Gasteiger partial charge in [-0.2, -0.15) is 0 Å². The number of benzene rings is 2. The van der Waals surface area contributed by atoms with Crippen LogP contribution in [0.15, 0.2) is 48.5 Å². The highest BCUT2D eigenvalue weighted by molar-refractivity contribution is 5.44. The van der Waals surface area contributed by atoms with E-state index >= 15 is 0 Å². The van der Waals surface area contributed by atoms with E-state index in [1.807, 2.05) is 24.3 Å². The van der Waals surface area contributed by atoms with E-state index in [1.165, 1.54) is 5.56 Å². The van der Waals surface area contributed by atoms with E-state index in [0.29, 0.717) is 0 Å². The lowest BCUT2D eigenvalue weighted by molar-refractivity contribution is 0.0511. The maximum Gasteiger partial charge on any atom is 0.188 e.